The largest absolute Gasteiger partial charge is 0.388 e. The first-order valence-electron chi connectivity index (χ1n) is 10.7. The van der Waals surface area contributed by atoms with E-state index in [0.717, 1.165) is 0 Å². The normalized spacial score (nSPS) is 52.7. The van der Waals surface area contributed by atoms with Crippen molar-refractivity contribution in [2.75, 3.05) is 13.1 Å². The van der Waals surface area contributed by atoms with Gasteiger partial charge in [0.25, 0.3) is 0 Å². The number of nitrogens with two attached hydrogens (primary N) is 4. The molecule has 1 aliphatic carbocycles. The fourth-order valence-electron chi connectivity index (χ4n) is 4.29. The molecule has 3 aliphatic rings. The van der Waals surface area contributed by atoms with Crippen LogP contribution in [0.4, 0.5) is 0 Å². The molecular formula is C18H36N4O10. The van der Waals surface area contributed by atoms with Crippen molar-refractivity contribution in [1.29, 1.82) is 0 Å². The van der Waals surface area contributed by atoms with Gasteiger partial charge in [-0.3, -0.25) is 0 Å². The molecule has 0 aromatic heterocycles. The average molecular weight is 469 g/mol. The van der Waals surface area contributed by atoms with E-state index in [1.165, 1.54) is 0 Å². The van der Waals surface area contributed by atoms with Crippen molar-refractivity contribution in [3.8, 4) is 0 Å². The Morgan fingerprint density at radius 3 is 1.25 bits per heavy atom. The Kier molecular flexibility index (Phi) is 8.79. The first-order chi connectivity index (χ1) is 15.1. The number of hydrogen-bond donors (Lipinski definition) is 10. The van der Waals surface area contributed by atoms with Crippen molar-refractivity contribution in [3.05, 3.63) is 0 Å². The van der Waals surface area contributed by atoms with Crippen LogP contribution < -0.4 is 22.9 Å². The maximum Gasteiger partial charge on any atom is 0.186 e. The molecule has 2 aliphatic heterocycles. The average Bonchev–Trinajstić information content (AvgIpc) is 2.77. The summed E-state index contributed by atoms with van der Waals surface area (Å²) in [7, 11) is 0. The molecule has 14 nitrogen and oxygen atoms in total. The molecule has 0 spiro atoms. The molecule has 2 saturated heterocycles. The second-order valence-electron chi connectivity index (χ2n) is 8.65. The lowest BCUT2D eigenvalue weighted by atomic mass is 9.86. The molecule has 3 rings (SSSR count). The summed E-state index contributed by atoms with van der Waals surface area (Å²) >= 11 is 0. The van der Waals surface area contributed by atoms with Crippen molar-refractivity contribution in [3.63, 3.8) is 0 Å². The number of aliphatic hydroxyl groups excluding tert-OH is 6. The van der Waals surface area contributed by atoms with Crippen LogP contribution in [0.1, 0.15) is 12.8 Å². The minimum atomic E-state index is -1.52. The zero-order valence-electron chi connectivity index (χ0n) is 17.5. The molecule has 14 N–H and O–H groups in total. The van der Waals surface area contributed by atoms with E-state index in [4.69, 9.17) is 41.9 Å². The Balaban J connectivity index is 1.59. The summed E-state index contributed by atoms with van der Waals surface area (Å²) < 4.78 is 22.5. The van der Waals surface area contributed by atoms with E-state index in [-0.39, 0.29) is 25.9 Å². The Bertz CT molecular complexity index is 554. The first-order valence-corrected chi connectivity index (χ1v) is 10.7. The summed E-state index contributed by atoms with van der Waals surface area (Å²) in [6.45, 7) is -0.184. The summed E-state index contributed by atoms with van der Waals surface area (Å²) in [5.74, 6) is 0. The van der Waals surface area contributed by atoms with Gasteiger partial charge < -0.3 is 72.5 Å². The van der Waals surface area contributed by atoms with Gasteiger partial charge in [0.05, 0.1) is 12.2 Å². The van der Waals surface area contributed by atoms with Crippen molar-refractivity contribution < 1.29 is 49.6 Å². The molecule has 0 amide bonds. The van der Waals surface area contributed by atoms with Crippen LogP contribution in [0.15, 0.2) is 0 Å². The van der Waals surface area contributed by atoms with Crippen LogP contribution >= 0.6 is 0 Å². The Morgan fingerprint density at radius 2 is 0.938 bits per heavy atom. The van der Waals surface area contributed by atoms with Crippen LogP contribution in [-0.2, 0) is 18.9 Å². The molecule has 1 saturated carbocycles. The van der Waals surface area contributed by atoms with Gasteiger partial charge in [-0.2, -0.15) is 0 Å². The Morgan fingerprint density at radius 1 is 0.594 bits per heavy atom. The van der Waals surface area contributed by atoms with Gasteiger partial charge >= 0.3 is 0 Å². The molecule has 0 aromatic carbocycles. The summed E-state index contributed by atoms with van der Waals surface area (Å²) in [5, 5.41) is 60.2. The lowest BCUT2D eigenvalue weighted by Crippen LogP contribution is -2.64. The molecule has 14 atom stereocenters. The highest BCUT2D eigenvalue weighted by Gasteiger charge is 2.48. The second kappa shape index (κ2) is 10.8. The van der Waals surface area contributed by atoms with Crippen LogP contribution in [0.2, 0.25) is 0 Å². The third kappa shape index (κ3) is 5.24. The van der Waals surface area contributed by atoms with Crippen molar-refractivity contribution >= 4 is 0 Å². The molecule has 0 unspecified atom stereocenters. The highest BCUT2D eigenvalue weighted by atomic mass is 16.7. The van der Waals surface area contributed by atoms with Crippen molar-refractivity contribution in [1.82, 2.24) is 0 Å². The lowest BCUT2D eigenvalue weighted by molar-refractivity contribution is -0.319. The molecule has 0 aromatic rings. The SMILES string of the molecule is NC[C@@H]1O[C@@H](O[C@H]2C[C@H](N)[C@@H](O[C@@H]3O[C@H](CN)[C@@H](O)[C@H](O)[C@H]3O)C[C@@H]2N)[C@@H](O)[C@H](O)[C@H]1O. The van der Waals surface area contributed by atoms with E-state index in [1.54, 1.807) is 0 Å². The maximum atomic E-state index is 10.2. The Hall–Kier alpha value is -0.560. The molecule has 188 valence electrons. The van der Waals surface area contributed by atoms with Gasteiger partial charge in [0, 0.05) is 25.2 Å². The molecule has 0 radical (unpaired) electrons. The van der Waals surface area contributed by atoms with Crippen LogP contribution in [-0.4, -0.2) is 129 Å². The monoisotopic (exact) mass is 468 g/mol. The first kappa shape index (κ1) is 26.1. The smallest absolute Gasteiger partial charge is 0.186 e. The molecule has 3 fully saturated rings. The van der Waals surface area contributed by atoms with E-state index >= 15 is 0 Å². The minimum absolute atomic E-state index is 0.0922. The van der Waals surface area contributed by atoms with Gasteiger partial charge in [-0.15, -0.1) is 0 Å². The van der Waals surface area contributed by atoms with Crippen LogP contribution in [0.25, 0.3) is 0 Å². The predicted molar refractivity (Wildman–Crippen MR) is 106 cm³/mol. The summed E-state index contributed by atoms with van der Waals surface area (Å²) in [5.41, 5.74) is 23.5. The molecule has 0 bridgehead atoms. The van der Waals surface area contributed by atoms with Gasteiger partial charge in [-0.1, -0.05) is 0 Å². The Labute approximate surface area is 185 Å². The zero-order valence-corrected chi connectivity index (χ0v) is 17.5. The second-order valence-corrected chi connectivity index (χ2v) is 8.65. The quantitative estimate of drug-likeness (QED) is 0.174. The molecule has 2 heterocycles. The summed E-state index contributed by atoms with van der Waals surface area (Å²) in [6, 6.07) is -1.25. The minimum Gasteiger partial charge on any atom is -0.388 e. The fourth-order valence-corrected chi connectivity index (χ4v) is 4.29. The van der Waals surface area contributed by atoms with Gasteiger partial charge in [0.1, 0.15) is 48.8 Å². The fraction of sp³-hybridized carbons (Fsp3) is 1.00. The van der Waals surface area contributed by atoms with Gasteiger partial charge in [-0.25, -0.2) is 0 Å². The number of ether oxygens (including phenoxy) is 4. The van der Waals surface area contributed by atoms with Crippen molar-refractivity contribution in [2.24, 2.45) is 22.9 Å². The lowest BCUT2D eigenvalue weighted by Gasteiger charge is -2.46. The summed E-state index contributed by atoms with van der Waals surface area (Å²) in [4.78, 5) is 0. The van der Waals surface area contributed by atoms with Crippen LogP contribution in [0, 0.1) is 0 Å². The zero-order chi connectivity index (χ0) is 23.7. The number of aliphatic hydroxyl groups is 6. The van der Waals surface area contributed by atoms with Gasteiger partial charge in [0.15, 0.2) is 12.6 Å². The standard InChI is InChI=1S/C18H36N4O10/c19-3-9-11(23)13(25)15(27)17(31-9)29-7-1-5(21)8(2-6(7)22)30-18-16(28)14(26)12(24)10(4-20)32-18/h5-18,23-28H,1-4,19-22H2/t5-,6-,7-,8-,9-,10+,11-,12+,13+,14-,15-,16+,17+,18+/m0/s1. The molecule has 32 heavy (non-hydrogen) atoms. The third-order valence-electron chi connectivity index (χ3n) is 6.38. The number of rotatable bonds is 6. The topological polar surface area (TPSA) is 262 Å². The van der Waals surface area contributed by atoms with Gasteiger partial charge in [-0.05, 0) is 12.8 Å². The maximum absolute atomic E-state index is 10.2. The van der Waals surface area contributed by atoms with E-state index < -0.39 is 85.7 Å². The predicted octanol–water partition coefficient (Wildman–Crippen LogP) is -6.26. The van der Waals surface area contributed by atoms with E-state index in [9.17, 15) is 30.6 Å². The van der Waals surface area contributed by atoms with E-state index in [0.29, 0.717) is 0 Å². The van der Waals surface area contributed by atoms with E-state index in [1.807, 2.05) is 0 Å². The van der Waals surface area contributed by atoms with E-state index in [2.05, 4.69) is 0 Å². The van der Waals surface area contributed by atoms with Crippen molar-refractivity contribution in [2.45, 2.75) is 98.5 Å². The van der Waals surface area contributed by atoms with Gasteiger partial charge in [0.2, 0.25) is 0 Å². The number of hydrogen-bond acceptors (Lipinski definition) is 14. The summed E-state index contributed by atoms with van der Waals surface area (Å²) in [6.07, 6.45) is -14.1. The van der Waals surface area contributed by atoms with Crippen LogP contribution in [0.5, 0.6) is 0 Å². The van der Waals surface area contributed by atoms with Crippen LogP contribution in [0.3, 0.4) is 0 Å². The highest BCUT2D eigenvalue weighted by molar-refractivity contribution is 4.96. The molecular weight excluding hydrogens is 432 g/mol. The third-order valence-corrected chi connectivity index (χ3v) is 6.38. The molecule has 14 heteroatoms. The highest BCUT2D eigenvalue weighted by Crippen LogP contribution is 2.30.